The van der Waals surface area contributed by atoms with Gasteiger partial charge in [0.1, 0.15) is 18.1 Å². The van der Waals surface area contributed by atoms with Gasteiger partial charge in [0.05, 0.1) is 12.6 Å². The summed E-state index contributed by atoms with van der Waals surface area (Å²) in [6.45, 7) is 7.26. The normalized spacial score (nSPS) is 12.0. The van der Waals surface area contributed by atoms with Gasteiger partial charge in [0.15, 0.2) is 0 Å². The van der Waals surface area contributed by atoms with Gasteiger partial charge in [-0.1, -0.05) is 18.2 Å². The highest BCUT2D eigenvalue weighted by atomic mass is 16.5. The molecule has 0 aliphatic heterocycles. The van der Waals surface area contributed by atoms with E-state index in [2.05, 4.69) is 19.9 Å². The molecule has 0 heterocycles. The molecule has 0 bridgehead atoms. The van der Waals surface area contributed by atoms with E-state index in [1.54, 1.807) is 0 Å². The first kappa shape index (κ1) is 15.4. The zero-order valence-electron chi connectivity index (χ0n) is 12.9. The fourth-order valence-electron chi connectivity index (χ4n) is 2.06. The van der Waals surface area contributed by atoms with Crippen LogP contribution in [0, 0.1) is 13.8 Å². The molecule has 112 valence electrons. The average Bonchev–Trinajstić information content (AvgIpc) is 2.49. The molecular weight excluding hydrogens is 262 g/mol. The predicted molar refractivity (Wildman–Crippen MR) is 86.0 cm³/mol. The van der Waals surface area contributed by atoms with Crippen LogP contribution in [0.4, 0.5) is 0 Å². The zero-order chi connectivity index (χ0) is 15.2. The number of ether oxygens (including phenoxy) is 2. The maximum absolute atomic E-state index is 6.17. The molecule has 0 fully saturated rings. The van der Waals surface area contributed by atoms with Gasteiger partial charge in [-0.2, -0.15) is 0 Å². The Kier molecular flexibility index (Phi) is 5.23. The van der Waals surface area contributed by atoms with Crippen LogP contribution >= 0.6 is 0 Å². The molecule has 1 atom stereocenters. The van der Waals surface area contributed by atoms with Crippen LogP contribution in [0.5, 0.6) is 11.5 Å². The van der Waals surface area contributed by atoms with E-state index in [1.165, 1.54) is 11.1 Å². The van der Waals surface area contributed by atoms with Gasteiger partial charge in [-0.25, -0.2) is 0 Å². The van der Waals surface area contributed by atoms with E-state index in [0.717, 1.165) is 17.1 Å². The number of hydrogen-bond donors (Lipinski definition) is 1. The number of aryl methyl sites for hydroxylation is 2. The van der Waals surface area contributed by atoms with Crippen LogP contribution in [0.2, 0.25) is 0 Å². The average molecular weight is 285 g/mol. The number of hydrogen-bond acceptors (Lipinski definition) is 3. The summed E-state index contributed by atoms with van der Waals surface area (Å²) in [5, 5.41) is 0. The Bertz CT molecular complexity index is 578. The molecule has 21 heavy (non-hydrogen) atoms. The third-order valence-electron chi connectivity index (χ3n) is 3.53. The molecule has 2 N–H and O–H groups in total. The minimum Gasteiger partial charge on any atom is -0.494 e. The van der Waals surface area contributed by atoms with Crippen LogP contribution in [-0.2, 0) is 0 Å². The Morgan fingerprint density at radius 2 is 1.57 bits per heavy atom. The van der Waals surface area contributed by atoms with Crippen LogP contribution in [-0.4, -0.2) is 13.2 Å². The summed E-state index contributed by atoms with van der Waals surface area (Å²) in [5.74, 6) is 1.73. The lowest BCUT2D eigenvalue weighted by molar-refractivity contribution is 0.290. The van der Waals surface area contributed by atoms with Crippen molar-refractivity contribution in [1.29, 1.82) is 0 Å². The molecule has 0 saturated carbocycles. The topological polar surface area (TPSA) is 44.5 Å². The molecule has 3 nitrogen and oxygen atoms in total. The smallest absolute Gasteiger partial charge is 0.119 e. The molecule has 0 aromatic heterocycles. The molecule has 2 aromatic rings. The molecule has 0 saturated heterocycles. The van der Waals surface area contributed by atoms with E-state index in [1.807, 2.05) is 43.3 Å². The van der Waals surface area contributed by atoms with E-state index in [0.29, 0.717) is 13.2 Å². The van der Waals surface area contributed by atoms with E-state index < -0.39 is 0 Å². The van der Waals surface area contributed by atoms with Gasteiger partial charge in [-0.3, -0.25) is 0 Å². The summed E-state index contributed by atoms with van der Waals surface area (Å²) in [5.41, 5.74) is 9.70. The minimum atomic E-state index is -0.151. The molecule has 0 aliphatic carbocycles. The molecule has 0 aliphatic rings. The van der Waals surface area contributed by atoms with Gasteiger partial charge in [0.2, 0.25) is 0 Å². The van der Waals surface area contributed by atoms with Crippen LogP contribution in [0.15, 0.2) is 42.5 Å². The van der Waals surface area contributed by atoms with Crippen molar-refractivity contribution in [1.82, 2.24) is 0 Å². The lowest BCUT2D eigenvalue weighted by Crippen LogP contribution is -2.19. The van der Waals surface area contributed by atoms with E-state index in [4.69, 9.17) is 15.2 Å². The van der Waals surface area contributed by atoms with Crippen molar-refractivity contribution in [3.05, 3.63) is 59.2 Å². The summed E-state index contributed by atoms with van der Waals surface area (Å²) in [6.07, 6.45) is 0. The monoisotopic (exact) mass is 285 g/mol. The van der Waals surface area contributed by atoms with E-state index in [-0.39, 0.29) is 6.04 Å². The second-order valence-electron chi connectivity index (χ2n) is 5.17. The Labute approximate surface area is 126 Å². The second-order valence-corrected chi connectivity index (χ2v) is 5.17. The largest absolute Gasteiger partial charge is 0.494 e. The summed E-state index contributed by atoms with van der Waals surface area (Å²) < 4.78 is 11.2. The molecule has 0 spiro atoms. The van der Waals surface area contributed by atoms with Gasteiger partial charge >= 0.3 is 0 Å². The molecule has 0 radical (unpaired) electrons. The standard InChI is InChI=1S/C18H23NO2/c1-4-20-16-9-6-15(7-10-16)18(19)12-21-17-8-5-13(2)14(3)11-17/h5-11,18H,4,12,19H2,1-3H3. The maximum atomic E-state index is 6.17. The number of benzene rings is 2. The summed E-state index contributed by atoms with van der Waals surface area (Å²) in [4.78, 5) is 0. The molecule has 0 amide bonds. The van der Waals surface area contributed by atoms with Gasteiger partial charge < -0.3 is 15.2 Å². The van der Waals surface area contributed by atoms with Crippen LogP contribution < -0.4 is 15.2 Å². The zero-order valence-corrected chi connectivity index (χ0v) is 12.9. The molecular formula is C18H23NO2. The highest BCUT2D eigenvalue weighted by Gasteiger charge is 2.07. The highest BCUT2D eigenvalue weighted by molar-refractivity contribution is 5.34. The number of nitrogens with two attached hydrogens (primary N) is 1. The van der Waals surface area contributed by atoms with Gasteiger partial charge in [-0.05, 0) is 61.7 Å². The molecule has 2 aromatic carbocycles. The summed E-state index contributed by atoms with van der Waals surface area (Å²) in [7, 11) is 0. The van der Waals surface area contributed by atoms with Crippen molar-refractivity contribution >= 4 is 0 Å². The van der Waals surface area contributed by atoms with Gasteiger partial charge in [0, 0.05) is 0 Å². The molecule has 3 heteroatoms. The third-order valence-corrected chi connectivity index (χ3v) is 3.53. The number of rotatable bonds is 6. The van der Waals surface area contributed by atoms with Gasteiger partial charge in [0.25, 0.3) is 0 Å². The Morgan fingerprint density at radius 3 is 2.19 bits per heavy atom. The first-order valence-electron chi connectivity index (χ1n) is 7.28. The summed E-state index contributed by atoms with van der Waals surface area (Å²) >= 11 is 0. The van der Waals surface area contributed by atoms with Crippen LogP contribution in [0.25, 0.3) is 0 Å². The van der Waals surface area contributed by atoms with Crippen molar-refractivity contribution < 1.29 is 9.47 Å². The first-order chi connectivity index (χ1) is 10.1. The second kappa shape index (κ2) is 7.14. The van der Waals surface area contributed by atoms with Gasteiger partial charge in [-0.15, -0.1) is 0 Å². The van der Waals surface area contributed by atoms with Crippen LogP contribution in [0.1, 0.15) is 29.7 Å². The SMILES string of the molecule is CCOc1ccc(C(N)COc2ccc(C)c(C)c2)cc1. The maximum Gasteiger partial charge on any atom is 0.119 e. The third kappa shape index (κ3) is 4.23. The van der Waals surface area contributed by atoms with Crippen molar-refractivity contribution in [2.45, 2.75) is 26.8 Å². The van der Waals surface area contributed by atoms with Crippen LogP contribution in [0.3, 0.4) is 0 Å². The Hall–Kier alpha value is -2.00. The van der Waals surface area contributed by atoms with Crippen molar-refractivity contribution in [3.63, 3.8) is 0 Å². The summed E-state index contributed by atoms with van der Waals surface area (Å²) in [6, 6.07) is 13.8. The lowest BCUT2D eigenvalue weighted by Gasteiger charge is -2.15. The lowest BCUT2D eigenvalue weighted by atomic mass is 10.1. The highest BCUT2D eigenvalue weighted by Crippen LogP contribution is 2.20. The van der Waals surface area contributed by atoms with Crippen molar-refractivity contribution in [3.8, 4) is 11.5 Å². The fourth-order valence-corrected chi connectivity index (χ4v) is 2.06. The minimum absolute atomic E-state index is 0.151. The van der Waals surface area contributed by atoms with Crippen molar-refractivity contribution in [2.24, 2.45) is 5.73 Å². The fraction of sp³-hybridized carbons (Fsp3) is 0.333. The van der Waals surface area contributed by atoms with Crippen molar-refractivity contribution in [2.75, 3.05) is 13.2 Å². The Morgan fingerprint density at radius 1 is 0.905 bits per heavy atom. The Balaban J connectivity index is 1.94. The van der Waals surface area contributed by atoms with E-state index >= 15 is 0 Å². The van der Waals surface area contributed by atoms with E-state index in [9.17, 15) is 0 Å². The first-order valence-corrected chi connectivity index (χ1v) is 7.28. The molecule has 2 rings (SSSR count). The molecule has 1 unspecified atom stereocenters. The predicted octanol–water partition coefficient (Wildman–Crippen LogP) is 3.78. The quantitative estimate of drug-likeness (QED) is 0.878.